The SMILES string of the molecule is CCNC(=NCc1ccc(Oc2cccc(F)c2)nc1)NCC1(C(=O)N(C)C)CCCC1.I. The molecule has 1 aliphatic rings. The highest BCUT2D eigenvalue weighted by molar-refractivity contribution is 14.0. The van der Waals surface area contributed by atoms with Gasteiger partial charge >= 0.3 is 0 Å². The number of aromatic nitrogens is 1. The lowest BCUT2D eigenvalue weighted by atomic mass is 9.84. The van der Waals surface area contributed by atoms with Gasteiger partial charge in [0.2, 0.25) is 11.8 Å². The van der Waals surface area contributed by atoms with E-state index in [9.17, 15) is 9.18 Å². The summed E-state index contributed by atoms with van der Waals surface area (Å²) in [5.41, 5.74) is 0.547. The summed E-state index contributed by atoms with van der Waals surface area (Å²) in [6.07, 6.45) is 5.63. The number of amides is 1. The molecule has 1 fully saturated rings. The maximum atomic E-state index is 13.3. The number of nitrogens with zero attached hydrogens (tertiary/aromatic N) is 3. The van der Waals surface area contributed by atoms with Gasteiger partial charge in [0, 0.05) is 45.5 Å². The van der Waals surface area contributed by atoms with Crippen molar-refractivity contribution in [1.29, 1.82) is 0 Å². The number of ether oxygens (including phenoxy) is 1. The van der Waals surface area contributed by atoms with Crippen LogP contribution in [0.1, 0.15) is 38.2 Å². The molecular weight excluding hydrogens is 536 g/mol. The van der Waals surface area contributed by atoms with Crippen molar-refractivity contribution >= 4 is 35.8 Å². The first kappa shape index (κ1) is 26.8. The number of carbonyl (C=O) groups is 1. The summed E-state index contributed by atoms with van der Waals surface area (Å²) >= 11 is 0. The fraction of sp³-hybridized carbons (Fsp3) is 0.458. The highest BCUT2D eigenvalue weighted by Crippen LogP contribution is 2.38. The van der Waals surface area contributed by atoms with E-state index >= 15 is 0 Å². The summed E-state index contributed by atoms with van der Waals surface area (Å²) < 4.78 is 18.9. The maximum absolute atomic E-state index is 13.3. The third-order valence-corrected chi connectivity index (χ3v) is 5.59. The molecule has 0 spiro atoms. The molecule has 1 aliphatic carbocycles. The van der Waals surface area contributed by atoms with Crippen LogP contribution in [-0.4, -0.2) is 48.9 Å². The van der Waals surface area contributed by atoms with Crippen LogP contribution >= 0.6 is 24.0 Å². The predicted molar refractivity (Wildman–Crippen MR) is 139 cm³/mol. The van der Waals surface area contributed by atoms with Crippen LogP contribution in [0.15, 0.2) is 47.6 Å². The quantitative estimate of drug-likeness (QED) is 0.281. The van der Waals surface area contributed by atoms with Crippen LogP contribution in [0, 0.1) is 11.2 Å². The second-order valence-corrected chi connectivity index (χ2v) is 8.30. The summed E-state index contributed by atoms with van der Waals surface area (Å²) in [6, 6.07) is 9.55. The minimum absolute atomic E-state index is 0. The summed E-state index contributed by atoms with van der Waals surface area (Å²) in [5, 5.41) is 6.61. The Morgan fingerprint density at radius 2 is 1.97 bits per heavy atom. The number of carbonyl (C=O) groups excluding carboxylic acids is 1. The van der Waals surface area contributed by atoms with Gasteiger partial charge in [0.15, 0.2) is 5.96 Å². The van der Waals surface area contributed by atoms with Crippen molar-refractivity contribution in [3.8, 4) is 11.6 Å². The van der Waals surface area contributed by atoms with Gasteiger partial charge in [0.25, 0.3) is 0 Å². The Morgan fingerprint density at radius 3 is 2.58 bits per heavy atom. The minimum Gasteiger partial charge on any atom is -0.439 e. The molecule has 1 saturated carbocycles. The number of guanidine groups is 1. The first-order valence-corrected chi connectivity index (χ1v) is 11.0. The molecule has 1 aromatic heterocycles. The topological polar surface area (TPSA) is 78.9 Å². The summed E-state index contributed by atoms with van der Waals surface area (Å²) in [7, 11) is 3.63. The normalized spacial score (nSPS) is 14.8. The van der Waals surface area contributed by atoms with E-state index in [0.29, 0.717) is 30.7 Å². The molecule has 180 valence electrons. The molecule has 33 heavy (non-hydrogen) atoms. The lowest BCUT2D eigenvalue weighted by molar-refractivity contribution is -0.138. The molecule has 1 heterocycles. The van der Waals surface area contributed by atoms with E-state index in [0.717, 1.165) is 37.8 Å². The molecule has 7 nitrogen and oxygen atoms in total. The van der Waals surface area contributed by atoms with Crippen LogP contribution in [0.5, 0.6) is 11.6 Å². The van der Waals surface area contributed by atoms with Gasteiger partial charge in [-0.05, 0) is 37.5 Å². The van der Waals surface area contributed by atoms with Crippen molar-refractivity contribution in [2.75, 3.05) is 27.2 Å². The van der Waals surface area contributed by atoms with E-state index in [1.165, 1.54) is 12.1 Å². The van der Waals surface area contributed by atoms with E-state index in [-0.39, 0.29) is 41.1 Å². The van der Waals surface area contributed by atoms with E-state index in [1.807, 2.05) is 27.1 Å². The zero-order valence-corrected chi connectivity index (χ0v) is 21.8. The number of nitrogens with one attached hydrogen (secondary N) is 2. The van der Waals surface area contributed by atoms with E-state index in [2.05, 4.69) is 20.6 Å². The molecule has 3 rings (SSSR count). The Hall–Kier alpha value is -2.43. The van der Waals surface area contributed by atoms with E-state index in [4.69, 9.17) is 4.74 Å². The monoisotopic (exact) mass is 569 g/mol. The number of pyridine rings is 1. The Labute approximate surface area is 212 Å². The summed E-state index contributed by atoms with van der Waals surface area (Å²) in [6.45, 7) is 3.72. The molecule has 1 aromatic carbocycles. The van der Waals surface area contributed by atoms with Gasteiger partial charge < -0.3 is 20.3 Å². The van der Waals surface area contributed by atoms with Gasteiger partial charge in [-0.2, -0.15) is 0 Å². The molecule has 0 unspecified atom stereocenters. The van der Waals surface area contributed by atoms with Crippen LogP contribution in [0.4, 0.5) is 4.39 Å². The second-order valence-electron chi connectivity index (χ2n) is 8.30. The van der Waals surface area contributed by atoms with Gasteiger partial charge in [0.1, 0.15) is 11.6 Å². The van der Waals surface area contributed by atoms with Crippen molar-refractivity contribution in [1.82, 2.24) is 20.5 Å². The Bertz CT molecular complexity index is 931. The molecule has 0 atom stereocenters. The molecule has 2 aromatic rings. The van der Waals surface area contributed by atoms with Gasteiger partial charge in [-0.15, -0.1) is 24.0 Å². The molecule has 0 bridgehead atoms. The number of aliphatic imine (C=N–C) groups is 1. The van der Waals surface area contributed by atoms with Gasteiger partial charge in [-0.1, -0.05) is 25.0 Å². The lowest BCUT2D eigenvalue weighted by Crippen LogP contribution is -2.49. The van der Waals surface area contributed by atoms with Gasteiger partial charge in [0.05, 0.1) is 12.0 Å². The zero-order valence-electron chi connectivity index (χ0n) is 19.4. The molecule has 2 N–H and O–H groups in total. The highest BCUT2D eigenvalue weighted by Gasteiger charge is 2.42. The standard InChI is InChI=1S/C24H32FN5O2.HI/c1-4-26-23(29-17-24(12-5-6-13-24)22(31)30(2)3)28-16-18-10-11-21(27-15-18)32-20-9-7-8-19(25)14-20;/h7-11,14-15H,4-6,12-13,16-17H2,1-3H3,(H2,26,28,29);1H. The fourth-order valence-corrected chi connectivity index (χ4v) is 3.97. The Morgan fingerprint density at radius 1 is 1.21 bits per heavy atom. The first-order valence-electron chi connectivity index (χ1n) is 11.0. The molecule has 9 heteroatoms. The fourth-order valence-electron chi connectivity index (χ4n) is 3.97. The molecule has 1 amide bonds. The van der Waals surface area contributed by atoms with Crippen molar-refractivity contribution in [3.63, 3.8) is 0 Å². The average molecular weight is 569 g/mol. The largest absolute Gasteiger partial charge is 0.439 e. The number of hydrogen-bond donors (Lipinski definition) is 2. The van der Waals surface area contributed by atoms with Crippen molar-refractivity contribution < 1.29 is 13.9 Å². The van der Waals surface area contributed by atoms with Gasteiger partial charge in [-0.3, -0.25) is 4.79 Å². The van der Waals surface area contributed by atoms with Crippen LogP contribution < -0.4 is 15.4 Å². The molecule has 0 aliphatic heterocycles. The minimum atomic E-state index is -0.364. The molecular formula is C24H33FIN5O2. The number of hydrogen-bond acceptors (Lipinski definition) is 4. The van der Waals surface area contributed by atoms with E-state index in [1.54, 1.807) is 29.3 Å². The van der Waals surface area contributed by atoms with Crippen molar-refractivity contribution in [2.24, 2.45) is 10.4 Å². The molecule has 0 saturated heterocycles. The average Bonchev–Trinajstić information content (AvgIpc) is 3.26. The maximum Gasteiger partial charge on any atom is 0.230 e. The Balaban J connectivity index is 0.00000385. The smallest absolute Gasteiger partial charge is 0.230 e. The van der Waals surface area contributed by atoms with E-state index < -0.39 is 0 Å². The number of halogens is 2. The zero-order chi connectivity index (χ0) is 23.0. The molecule has 0 radical (unpaired) electrons. The van der Waals surface area contributed by atoms with Crippen LogP contribution in [0.2, 0.25) is 0 Å². The van der Waals surface area contributed by atoms with Crippen LogP contribution in [-0.2, 0) is 11.3 Å². The first-order chi connectivity index (χ1) is 15.4. The van der Waals surface area contributed by atoms with Crippen molar-refractivity contribution in [3.05, 3.63) is 54.0 Å². The van der Waals surface area contributed by atoms with Gasteiger partial charge in [-0.25, -0.2) is 14.4 Å². The third kappa shape index (κ3) is 7.55. The summed E-state index contributed by atoms with van der Waals surface area (Å²) in [4.78, 5) is 23.4. The number of rotatable bonds is 8. The third-order valence-electron chi connectivity index (χ3n) is 5.59. The highest BCUT2D eigenvalue weighted by atomic mass is 127. The van der Waals surface area contributed by atoms with Crippen LogP contribution in [0.25, 0.3) is 0 Å². The summed E-state index contributed by atoms with van der Waals surface area (Å²) in [5.74, 6) is 1.28. The second kappa shape index (κ2) is 12.7. The van der Waals surface area contributed by atoms with Crippen LogP contribution in [0.3, 0.4) is 0 Å². The number of benzene rings is 1. The lowest BCUT2D eigenvalue weighted by Gasteiger charge is -2.31. The predicted octanol–water partition coefficient (Wildman–Crippen LogP) is 4.33. The Kier molecular flexibility index (Phi) is 10.3. The van der Waals surface area contributed by atoms with Crippen molar-refractivity contribution in [2.45, 2.75) is 39.2 Å².